The standard InChI is InChI=1S/C21H39NO4/c1-3-4-5-6-7-8-9-10-11-12-13-14-15-16-21(23)26-18-17-20(2)19-22(24)25/h17H,3-16,18-19H2,1-2H3. The average molecular weight is 370 g/mol. The Balaban J connectivity index is 3.32. The zero-order valence-electron chi connectivity index (χ0n) is 17.0. The molecular formula is C21H39NO4. The van der Waals surface area contributed by atoms with E-state index >= 15 is 0 Å². The molecule has 0 unspecified atom stereocenters. The lowest BCUT2D eigenvalue weighted by molar-refractivity contribution is -0.470. The Kier molecular flexibility index (Phi) is 17.4. The smallest absolute Gasteiger partial charge is 0.306 e. The minimum Gasteiger partial charge on any atom is -0.461 e. The lowest BCUT2D eigenvalue weighted by Crippen LogP contribution is -2.06. The van der Waals surface area contributed by atoms with Gasteiger partial charge in [0.2, 0.25) is 6.54 Å². The molecule has 0 saturated heterocycles. The summed E-state index contributed by atoms with van der Waals surface area (Å²) in [4.78, 5) is 21.5. The zero-order valence-corrected chi connectivity index (χ0v) is 17.0. The molecule has 26 heavy (non-hydrogen) atoms. The Morgan fingerprint density at radius 1 is 0.885 bits per heavy atom. The Hall–Kier alpha value is -1.39. The molecule has 152 valence electrons. The lowest BCUT2D eigenvalue weighted by atomic mass is 10.0. The van der Waals surface area contributed by atoms with Crippen molar-refractivity contribution in [3.05, 3.63) is 21.8 Å². The van der Waals surface area contributed by atoms with E-state index in [1.165, 1.54) is 70.6 Å². The normalized spacial score (nSPS) is 11.5. The number of nitrogens with zero attached hydrogens (tertiary/aromatic N) is 1. The van der Waals surface area contributed by atoms with Gasteiger partial charge in [0, 0.05) is 11.3 Å². The molecule has 0 aliphatic carbocycles. The van der Waals surface area contributed by atoms with Crippen LogP contribution in [0.15, 0.2) is 11.6 Å². The highest BCUT2D eigenvalue weighted by Gasteiger charge is 2.03. The molecule has 0 fully saturated rings. The van der Waals surface area contributed by atoms with E-state index in [0.717, 1.165) is 12.8 Å². The van der Waals surface area contributed by atoms with Crippen LogP contribution in [0.2, 0.25) is 0 Å². The van der Waals surface area contributed by atoms with Crippen LogP contribution in [0.3, 0.4) is 0 Å². The van der Waals surface area contributed by atoms with Crippen LogP contribution in [0, 0.1) is 10.1 Å². The van der Waals surface area contributed by atoms with Gasteiger partial charge in [-0.05, 0) is 25.0 Å². The molecule has 0 saturated carbocycles. The van der Waals surface area contributed by atoms with Crippen LogP contribution in [0.5, 0.6) is 0 Å². The van der Waals surface area contributed by atoms with Crippen LogP contribution in [0.4, 0.5) is 0 Å². The molecule has 0 aromatic heterocycles. The molecule has 0 amide bonds. The third-order valence-corrected chi connectivity index (χ3v) is 4.54. The first-order chi connectivity index (χ1) is 12.6. The number of carbonyl (C=O) groups excluding carboxylic acids is 1. The molecule has 5 nitrogen and oxygen atoms in total. The number of hydrogen-bond acceptors (Lipinski definition) is 4. The fourth-order valence-electron chi connectivity index (χ4n) is 2.90. The molecule has 5 heteroatoms. The van der Waals surface area contributed by atoms with E-state index in [0.29, 0.717) is 12.0 Å². The van der Waals surface area contributed by atoms with Gasteiger partial charge in [0.25, 0.3) is 0 Å². The summed E-state index contributed by atoms with van der Waals surface area (Å²) >= 11 is 0. The SMILES string of the molecule is CCCCCCCCCCCCCCCC(=O)OCC=C(C)C[N+](=O)[O-]. The Morgan fingerprint density at radius 3 is 1.81 bits per heavy atom. The summed E-state index contributed by atoms with van der Waals surface area (Å²) < 4.78 is 5.06. The molecule has 0 bridgehead atoms. The molecule has 0 aromatic carbocycles. The van der Waals surface area contributed by atoms with Gasteiger partial charge >= 0.3 is 5.97 Å². The van der Waals surface area contributed by atoms with E-state index in [2.05, 4.69) is 6.92 Å². The van der Waals surface area contributed by atoms with E-state index in [1.54, 1.807) is 13.0 Å². The second-order valence-corrected chi connectivity index (χ2v) is 7.22. The van der Waals surface area contributed by atoms with Crippen molar-refractivity contribution in [1.29, 1.82) is 0 Å². The summed E-state index contributed by atoms with van der Waals surface area (Å²) in [6.45, 7) is 3.86. The van der Waals surface area contributed by atoms with Gasteiger partial charge in [-0.15, -0.1) is 0 Å². The number of hydrogen-bond donors (Lipinski definition) is 0. The molecule has 0 spiro atoms. The number of nitro groups is 1. The predicted octanol–water partition coefficient (Wildman–Crippen LogP) is 6.23. The van der Waals surface area contributed by atoms with Gasteiger partial charge in [0.05, 0.1) is 0 Å². The van der Waals surface area contributed by atoms with Gasteiger partial charge in [0.1, 0.15) is 6.61 Å². The molecule has 0 N–H and O–H groups in total. The van der Waals surface area contributed by atoms with Gasteiger partial charge in [-0.1, -0.05) is 84.0 Å². The summed E-state index contributed by atoms with van der Waals surface area (Å²) in [5, 5.41) is 10.3. The van der Waals surface area contributed by atoms with Crippen LogP contribution in [-0.2, 0) is 9.53 Å². The Labute approximate surface area is 159 Å². The van der Waals surface area contributed by atoms with E-state index < -0.39 is 0 Å². The van der Waals surface area contributed by atoms with Crippen LogP contribution >= 0.6 is 0 Å². The molecule has 0 rings (SSSR count). The van der Waals surface area contributed by atoms with E-state index in [-0.39, 0.29) is 24.0 Å². The maximum absolute atomic E-state index is 11.6. The molecule has 0 heterocycles. The van der Waals surface area contributed by atoms with Crippen molar-refractivity contribution in [3.63, 3.8) is 0 Å². The summed E-state index contributed by atoms with van der Waals surface area (Å²) in [5.74, 6) is -0.210. The maximum Gasteiger partial charge on any atom is 0.306 e. The van der Waals surface area contributed by atoms with Crippen molar-refractivity contribution in [2.45, 2.75) is 104 Å². The average Bonchev–Trinajstić information content (AvgIpc) is 2.58. The number of rotatable bonds is 18. The monoisotopic (exact) mass is 369 g/mol. The summed E-state index contributed by atoms with van der Waals surface area (Å²) in [7, 11) is 0. The minimum absolute atomic E-state index is 0.136. The van der Waals surface area contributed by atoms with Gasteiger partial charge in [-0.3, -0.25) is 14.9 Å². The molecule has 0 atom stereocenters. The van der Waals surface area contributed by atoms with E-state index in [9.17, 15) is 14.9 Å². The highest BCUT2D eigenvalue weighted by atomic mass is 16.6. The second-order valence-electron chi connectivity index (χ2n) is 7.22. The number of carbonyl (C=O) groups is 1. The lowest BCUT2D eigenvalue weighted by Gasteiger charge is -2.04. The highest BCUT2D eigenvalue weighted by molar-refractivity contribution is 5.69. The number of esters is 1. The Bertz CT molecular complexity index is 393. The van der Waals surface area contributed by atoms with Crippen LogP contribution < -0.4 is 0 Å². The van der Waals surface area contributed by atoms with Gasteiger partial charge in [0.15, 0.2) is 0 Å². The third kappa shape index (κ3) is 18.9. The van der Waals surface area contributed by atoms with Crippen molar-refractivity contribution >= 4 is 5.97 Å². The molecular weight excluding hydrogens is 330 g/mol. The first-order valence-electron chi connectivity index (χ1n) is 10.5. The fraction of sp³-hybridized carbons (Fsp3) is 0.857. The van der Waals surface area contributed by atoms with Crippen LogP contribution in [0.1, 0.15) is 104 Å². The first kappa shape index (κ1) is 24.6. The largest absolute Gasteiger partial charge is 0.461 e. The number of unbranched alkanes of at least 4 members (excludes halogenated alkanes) is 12. The quantitative estimate of drug-likeness (QED) is 0.0943. The predicted molar refractivity (Wildman–Crippen MR) is 107 cm³/mol. The van der Waals surface area contributed by atoms with Crippen LogP contribution in [0.25, 0.3) is 0 Å². The topological polar surface area (TPSA) is 69.4 Å². The summed E-state index contributed by atoms with van der Waals surface area (Å²) in [5.41, 5.74) is 0.615. The molecule has 0 radical (unpaired) electrons. The van der Waals surface area contributed by atoms with Crippen molar-refractivity contribution in [2.24, 2.45) is 0 Å². The van der Waals surface area contributed by atoms with Gasteiger partial charge in [-0.2, -0.15) is 0 Å². The minimum atomic E-state index is -0.388. The van der Waals surface area contributed by atoms with E-state index in [1.807, 2.05) is 0 Å². The third-order valence-electron chi connectivity index (χ3n) is 4.54. The second kappa shape index (κ2) is 18.4. The van der Waals surface area contributed by atoms with Crippen molar-refractivity contribution in [3.8, 4) is 0 Å². The molecule has 0 aliphatic heterocycles. The van der Waals surface area contributed by atoms with Gasteiger partial charge in [-0.25, -0.2) is 0 Å². The van der Waals surface area contributed by atoms with Crippen LogP contribution in [-0.4, -0.2) is 24.0 Å². The highest BCUT2D eigenvalue weighted by Crippen LogP contribution is 2.13. The summed E-state index contributed by atoms with van der Waals surface area (Å²) in [6, 6.07) is 0. The van der Waals surface area contributed by atoms with Gasteiger partial charge < -0.3 is 4.74 Å². The fourth-order valence-corrected chi connectivity index (χ4v) is 2.90. The molecule has 0 aromatic rings. The van der Waals surface area contributed by atoms with Crippen molar-refractivity contribution in [2.75, 3.05) is 13.2 Å². The maximum atomic E-state index is 11.6. The summed E-state index contributed by atoms with van der Waals surface area (Å²) in [6.07, 6.45) is 18.7. The Morgan fingerprint density at radius 2 is 1.35 bits per heavy atom. The van der Waals surface area contributed by atoms with Crippen molar-refractivity contribution < 1.29 is 14.5 Å². The zero-order chi connectivity index (χ0) is 19.5. The number of ether oxygens (including phenoxy) is 1. The van der Waals surface area contributed by atoms with Crippen molar-refractivity contribution in [1.82, 2.24) is 0 Å². The van der Waals surface area contributed by atoms with E-state index in [4.69, 9.17) is 4.74 Å². The molecule has 0 aliphatic rings. The first-order valence-corrected chi connectivity index (χ1v) is 10.5.